The van der Waals surface area contributed by atoms with E-state index in [4.69, 9.17) is 11.5 Å². The Kier molecular flexibility index (Phi) is 2.89. The predicted octanol–water partition coefficient (Wildman–Crippen LogP) is 0.314. The van der Waals surface area contributed by atoms with E-state index in [9.17, 15) is 18.0 Å². The molecule has 0 saturated carbocycles. The van der Waals surface area contributed by atoms with Gasteiger partial charge in [0.25, 0.3) is 0 Å². The largest absolute Gasteiger partial charge is 0.574 e. The van der Waals surface area contributed by atoms with Crippen molar-refractivity contribution < 1.29 is 17.9 Å². The van der Waals surface area contributed by atoms with E-state index in [1.165, 1.54) is 0 Å². The summed E-state index contributed by atoms with van der Waals surface area (Å²) >= 11 is 0. The highest BCUT2D eigenvalue weighted by Crippen LogP contribution is 2.23. The van der Waals surface area contributed by atoms with Gasteiger partial charge in [-0.3, -0.25) is 4.79 Å². The fraction of sp³-hybridized carbons (Fsp3) is 0.286. The van der Waals surface area contributed by atoms with Crippen LogP contribution in [0.3, 0.4) is 0 Å². The summed E-state index contributed by atoms with van der Waals surface area (Å²) < 4.78 is 39.1. The van der Waals surface area contributed by atoms with Crippen LogP contribution in [0.15, 0.2) is 10.9 Å². The number of halogens is 3. The zero-order valence-electron chi connectivity index (χ0n) is 7.39. The van der Waals surface area contributed by atoms with Crippen LogP contribution in [-0.4, -0.2) is 11.3 Å². The third-order valence-electron chi connectivity index (χ3n) is 1.53. The molecule has 0 radical (unpaired) electrons. The van der Waals surface area contributed by atoms with Gasteiger partial charge >= 0.3 is 6.36 Å². The van der Waals surface area contributed by atoms with Gasteiger partial charge in [-0.1, -0.05) is 0 Å². The van der Waals surface area contributed by atoms with Crippen molar-refractivity contribution in [2.24, 2.45) is 5.73 Å². The molecular weight excluding hydrogens is 215 g/mol. The maximum absolute atomic E-state index is 11.9. The van der Waals surface area contributed by atoms with Crippen LogP contribution >= 0.6 is 0 Å². The molecule has 0 aliphatic carbocycles. The lowest BCUT2D eigenvalue weighted by molar-refractivity contribution is -0.275. The Morgan fingerprint density at radius 1 is 1.47 bits per heavy atom. The highest BCUT2D eigenvalue weighted by molar-refractivity contribution is 5.48. The average Bonchev–Trinajstić information content (AvgIpc) is 2.10. The second-order valence-electron chi connectivity index (χ2n) is 2.65. The van der Waals surface area contributed by atoms with Crippen molar-refractivity contribution in [3.05, 3.63) is 22.0 Å². The van der Waals surface area contributed by atoms with Crippen LogP contribution in [0.4, 0.5) is 18.9 Å². The Hall–Kier alpha value is -1.70. The Morgan fingerprint density at radius 2 is 2.07 bits per heavy atom. The first-order valence-corrected chi connectivity index (χ1v) is 3.81. The number of nitrogens with two attached hydrogens (primary N) is 2. The molecule has 0 saturated heterocycles. The van der Waals surface area contributed by atoms with Crippen LogP contribution in [0.1, 0.15) is 5.69 Å². The minimum absolute atomic E-state index is 0.105. The molecule has 0 aliphatic rings. The molecule has 0 aliphatic heterocycles. The second-order valence-corrected chi connectivity index (χ2v) is 2.65. The molecule has 1 rings (SSSR count). The van der Waals surface area contributed by atoms with Crippen molar-refractivity contribution in [1.82, 2.24) is 4.98 Å². The molecule has 5 nitrogen and oxygen atoms in total. The lowest BCUT2D eigenvalue weighted by atomic mass is 10.3. The van der Waals surface area contributed by atoms with E-state index in [0.29, 0.717) is 0 Å². The van der Waals surface area contributed by atoms with Crippen LogP contribution in [0.5, 0.6) is 5.88 Å². The highest BCUT2D eigenvalue weighted by atomic mass is 19.4. The third kappa shape index (κ3) is 2.88. The van der Waals surface area contributed by atoms with Gasteiger partial charge in [-0.15, -0.1) is 13.2 Å². The number of nitrogen functional groups attached to an aromatic ring is 1. The van der Waals surface area contributed by atoms with Gasteiger partial charge in [-0.05, 0) is 0 Å². The van der Waals surface area contributed by atoms with Gasteiger partial charge < -0.3 is 21.2 Å². The molecule has 0 fully saturated rings. The molecule has 1 aromatic heterocycles. The monoisotopic (exact) mass is 223 g/mol. The number of pyridine rings is 1. The van der Waals surface area contributed by atoms with Gasteiger partial charge in [-0.25, -0.2) is 0 Å². The van der Waals surface area contributed by atoms with Crippen molar-refractivity contribution in [2.75, 3.05) is 5.73 Å². The van der Waals surface area contributed by atoms with Gasteiger partial charge in [0.2, 0.25) is 11.3 Å². The first-order valence-electron chi connectivity index (χ1n) is 3.81. The zero-order chi connectivity index (χ0) is 11.6. The minimum atomic E-state index is -4.91. The molecule has 0 bridgehead atoms. The van der Waals surface area contributed by atoms with Crippen LogP contribution in [0.25, 0.3) is 0 Å². The summed E-state index contributed by atoms with van der Waals surface area (Å²) in [6.07, 6.45) is -4.91. The molecule has 0 atom stereocenters. The topological polar surface area (TPSA) is 94.1 Å². The lowest BCUT2D eigenvalue weighted by Gasteiger charge is -2.11. The van der Waals surface area contributed by atoms with Crippen LogP contribution in [0.2, 0.25) is 0 Å². The molecule has 1 heterocycles. The summed E-state index contributed by atoms with van der Waals surface area (Å²) in [4.78, 5) is 13.2. The van der Waals surface area contributed by atoms with E-state index in [1.54, 1.807) is 0 Å². The van der Waals surface area contributed by atoms with Crippen LogP contribution in [0, 0.1) is 0 Å². The summed E-state index contributed by atoms with van der Waals surface area (Å²) in [7, 11) is 0. The molecule has 0 amide bonds. The number of hydrogen-bond acceptors (Lipinski definition) is 4. The molecule has 1 aromatic rings. The molecule has 5 N–H and O–H groups in total. The van der Waals surface area contributed by atoms with Crippen LogP contribution < -0.4 is 21.6 Å². The maximum Gasteiger partial charge on any atom is 0.574 e. The Labute approximate surface area is 81.8 Å². The second kappa shape index (κ2) is 3.81. The first-order chi connectivity index (χ1) is 6.83. The number of hydrogen-bond donors (Lipinski definition) is 3. The predicted molar refractivity (Wildman–Crippen MR) is 46.0 cm³/mol. The summed E-state index contributed by atoms with van der Waals surface area (Å²) in [5, 5.41) is 0. The normalized spacial score (nSPS) is 11.5. The molecule has 0 unspecified atom stereocenters. The summed E-state index contributed by atoms with van der Waals surface area (Å²) in [6.45, 7) is -0.121. The molecule has 15 heavy (non-hydrogen) atoms. The van der Waals surface area contributed by atoms with E-state index in [2.05, 4.69) is 9.72 Å². The Morgan fingerprint density at radius 3 is 2.53 bits per heavy atom. The number of ether oxygens (including phenoxy) is 1. The van der Waals surface area contributed by atoms with Gasteiger partial charge in [0.1, 0.15) is 5.69 Å². The van der Waals surface area contributed by atoms with Crippen molar-refractivity contribution in [1.29, 1.82) is 0 Å². The Bertz CT molecular complexity index is 413. The van der Waals surface area contributed by atoms with E-state index in [0.717, 1.165) is 6.07 Å². The van der Waals surface area contributed by atoms with Gasteiger partial charge in [0.05, 0.1) is 0 Å². The molecule has 0 spiro atoms. The number of alkyl halides is 3. The first kappa shape index (κ1) is 11.4. The zero-order valence-corrected chi connectivity index (χ0v) is 7.39. The number of H-pyrrole nitrogens is 1. The Balaban J connectivity index is 3.17. The molecule has 84 valence electrons. The summed E-state index contributed by atoms with van der Waals surface area (Å²) in [6, 6.07) is 1.01. The lowest BCUT2D eigenvalue weighted by Crippen LogP contribution is -2.22. The van der Waals surface area contributed by atoms with Crippen molar-refractivity contribution in [3.8, 4) is 5.88 Å². The fourth-order valence-corrected chi connectivity index (χ4v) is 0.903. The van der Waals surface area contributed by atoms with E-state index < -0.39 is 23.4 Å². The van der Waals surface area contributed by atoms with Gasteiger partial charge in [0.15, 0.2) is 0 Å². The van der Waals surface area contributed by atoms with Crippen molar-refractivity contribution in [2.45, 2.75) is 12.9 Å². The SMILES string of the molecule is NCc1cc(=O)c(N)c(OC(F)(F)F)[nH]1. The quantitative estimate of drug-likeness (QED) is 0.672. The fourth-order valence-electron chi connectivity index (χ4n) is 0.903. The van der Waals surface area contributed by atoms with Crippen molar-refractivity contribution in [3.63, 3.8) is 0 Å². The van der Waals surface area contributed by atoms with Crippen LogP contribution in [-0.2, 0) is 6.54 Å². The number of nitrogens with one attached hydrogen (secondary N) is 1. The maximum atomic E-state index is 11.9. The molecule has 0 aromatic carbocycles. The number of anilines is 1. The smallest absolute Gasteiger partial charge is 0.391 e. The van der Waals surface area contributed by atoms with E-state index in [-0.39, 0.29) is 12.2 Å². The van der Waals surface area contributed by atoms with Gasteiger partial charge in [0, 0.05) is 18.3 Å². The molecular formula is C7H8F3N3O2. The summed E-state index contributed by atoms with van der Waals surface area (Å²) in [5.74, 6) is -0.838. The van der Waals surface area contributed by atoms with E-state index >= 15 is 0 Å². The third-order valence-corrected chi connectivity index (χ3v) is 1.53. The van der Waals surface area contributed by atoms with Gasteiger partial charge in [-0.2, -0.15) is 0 Å². The van der Waals surface area contributed by atoms with Crippen molar-refractivity contribution >= 4 is 5.69 Å². The highest BCUT2D eigenvalue weighted by Gasteiger charge is 2.32. The molecule has 8 heteroatoms. The number of rotatable bonds is 2. The number of aromatic amines is 1. The van der Waals surface area contributed by atoms with E-state index in [1.807, 2.05) is 0 Å². The number of aromatic nitrogens is 1. The standard InChI is InChI=1S/C7H8F3N3O2/c8-7(9,10)15-6-5(12)4(14)1-3(2-11)13-6/h1H,2,11-12H2,(H,13,14). The minimum Gasteiger partial charge on any atom is -0.391 e. The average molecular weight is 223 g/mol. The summed E-state index contributed by atoms with van der Waals surface area (Å²) in [5.41, 5.74) is 8.96.